The second-order valence-electron chi connectivity index (χ2n) is 5.95. The first-order chi connectivity index (χ1) is 11.2. The Morgan fingerprint density at radius 3 is 2.96 bits per heavy atom. The molecular formula is C18H24N2O3. The zero-order valence-corrected chi connectivity index (χ0v) is 14.0. The van der Waals surface area contributed by atoms with E-state index in [1.807, 2.05) is 26.0 Å². The van der Waals surface area contributed by atoms with E-state index >= 15 is 0 Å². The van der Waals surface area contributed by atoms with Crippen LogP contribution in [0.25, 0.3) is 0 Å². The molecule has 1 aliphatic rings. The van der Waals surface area contributed by atoms with Gasteiger partial charge in [0.25, 0.3) is 0 Å². The average molecular weight is 316 g/mol. The van der Waals surface area contributed by atoms with Gasteiger partial charge in [0.1, 0.15) is 17.3 Å². The van der Waals surface area contributed by atoms with Crippen molar-refractivity contribution in [2.45, 2.75) is 39.2 Å². The standard InChI is InChI=1S/C18H24N2O3/c1-12-15(13(2)23-20-12)8-9-19-17-5-4-10-22-18-7-6-14(21-3)11-16(17)18/h6-7,11,17,19H,4-5,8-10H2,1-3H3/t17-/m1/s1. The molecule has 0 saturated heterocycles. The summed E-state index contributed by atoms with van der Waals surface area (Å²) in [5, 5.41) is 7.67. The van der Waals surface area contributed by atoms with Crippen molar-refractivity contribution in [2.24, 2.45) is 0 Å². The molecule has 0 aliphatic carbocycles. The molecule has 124 valence electrons. The van der Waals surface area contributed by atoms with Crippen molar-refractivity contribution >= 4 is 0 Å². The fraction of sp³-hybridized carbons (Fsp3) is 0.500. The minimum Gasteiger partial charge on any atom is -0.497 e. The summed E-state index contributed by atoms with van der Waals surface area (Å²) in [5.41, 5.74) is 3.37. The predicted octanol–water partition coefficient (Wildman–Crippen LogP) is 3.35. The van der Waals surface area contributed by atoms with Crippen molar-refractivity contribution < 1.29 is 14.0 Å². The third kappa shape index (κ3) is 3.50. The highest BCUT2D eigenvalue weighted by Crippen LogP contribution is 2.34. The Labute approximate surface area is 137 Å². The van der Waals surface area contributed by atoms with E-state index in [4.69, 9.17) is 14.0 Å². The SMILES string of the molecule is COc1ccc2c(c1)[C@H](NCCc1c(C)noc1C)CCCO2. The van der Waals surface area contributed by atoms with Gasteiger partial charge in [0.05, 0.1) is 19.4 Å². The summed E-state index contributed by atoms with van der Waals surface area (Å²) in [6.07, 6.45) is 3.01. The van der Waals surface area contributed by atoms with E-state index in [0.29, 0.717) is 0 Å². The number of benzene rings is 1. The first kappa shape index (κ1) is 15.9. The van der Waals surface area contributed by atoms with Crippen molar-refractivity contribution in [3.63, 3.8) is 0 Å². The van der Waals surface area contributed by atoms with E-state index in [1.165, 1.54) is 11.1 Å². The van der Waals surface area contributed by atoms with Crippen LogP contribution in [0.5, 0.6) is 11.5 Å². The molecular weight excluding hydrogens is 292 g/mol. The van der Waals surface area contributed by atoms with Crippen LogP contribution < -0.4 is 14.8 Å². The van der Waals surface area contributed by atoms with Crippen LogP contribution >= 0.6 is 0 Å². The lowest BCUT2D eigenvalue weighted by Crippen LogP contribution is -2.23. The fourth-order valence-electron chi connectivity index (χ4n) is 3.12. The van der Waals surface area contributed by atoms with E-state index in [-0.39, 0.29) is 6.04 Å². The summed E-state index contributed by atoms with van der Waals surface area (Å²) >= 11 is 0. The van der Waals surface area contributed by atoms with E-state index in [9.17, 15) is 0 Å². The smallest absolute Gasteiger partial charge is 0.137 e. The average Bonchev–Trinajstić information content (AvgIpc) is 2.77. The molecule has 1 N–H and O–H groups in total. The van der Waals surface area contributed by atoms with Gasteiger partial charge >= 0.3 is 0 Å². The van der Waals surface area contributed by atoms with Gasteiger partial charge in [-0.1, -0.05) is 5.16 Å². The van der Waals surface area contributed by atoms with Crippen molar-refractivity contribution in [3.05, 3.63) is 40.8 Å². The van der Waals surface area contributed by atoms with Gasteiger partial charge in [0.2, 0.25) is 0 Å². The number of aromatic nitrogens is 1. The van der Waals surface area contributed by atoms with E-state index in [2.05, 4.69) is 16.5 Å². The molecule has 0 unspecified atom stereocenters. The predicted molar refractivity (Wildman–Crippen MR) is 88.1 cm³/mol. The van der Waals surface area contributed by atoms with Crippen LogP contribution in [0.15, 0.2) is 22.7 Å². The number of aryl methyl sites for hydroxylation is 2. The van der Waals surface area contributed by atoms with Crippen LogP contribution in [0, 0.1) is 13.8 Å². The Bertz CT molecular complexity index is 647. The first-order valence-electron chi connectivity index (χ1n) is 8.15. The summed E-state index contributed by atoms with van der Waals surface area (Å²) in [6.45, 7) is 5.60. The highest BCUT2D eigenvalue weighted by molar-refractivity contribution is 5.42. The van der Waals surface area contributed by atoms with Crippen molar-refractivity contribution in [1.82, 2.24) is 10.5 Å². The molecule has 0 bridgehead atoms. The Morgan fingerprint density at radius 1 is 1.35 bits per heavy atom. The Hall–Kier alpha value is -2.01. The second-order valence-corrected chi connectivity index (χ2v) is 5.95. The highest BCUT2D eigenvalue weighted by atomic mass is 16.5. The third-order valence-electron chi connectivity index (χ3n) is 4.43. The number of hydrogen-bond acceptors (Lipinski definition) is 5. The minimum atomic E-state index is 0.281. The molecule has 2 aromatic rings. The van der Waals surface area contributed by atoms with Gasteiger partial charge in [-0.25, -0.2) is 0 Å². The van der Waals surface area contributed by atoms with Gasteiger partial charge in [0.15, 0.2) is 0 Å². The molecule has 0 saturated carbocycles. The Morgan fingerprint density at radius 2 is 2.22 bits per heavy atom. The van der Waals surface area contributed by atoms with Gasteiger partial charge in [-0.15, -0.1) is 0 Å². The number of nitrogens with one attached hydrogen (secondary N) is 1. The molecule has 5 nitrogen and oxygen atoms in total. The quantitative estimate of drug-likeness (QED) is 0.917. The van der Waals surface area contributed by atoms with Gasteiger partial charge < -0.3 is 19.3 Å². The molecule has 23 heavy (non-hydrogen) atoms. The van der Waals surface area contributed by atoms with E-state index in [1.54, 1.807) is 7.11 Å². The third-order valence-corrected chi connectivity index (χ3v) is 4.43. The lowest BCUT2D eigenvalue weighted by molar-refractivity contribution is 0.314. The number of ether oxygens (including phenoxy) is 2. The Kier molecular flexibility index (Phi) is 4.86. The molecule has 1 atom stereocenters. The van der Waals surface area contributed by atoms with Gasteiger partial charge in [-0.2, -0.15) is 0 Å². The highest BCUT2D eigenvalue weighted by Gasteiger charge is 2.20. The second kappa shape index (κ2) is 7.04. The molecule has 0 radical (unpaired) electrons. The number of fused-ring (bicyclic) bond motifs is 1. The van der Waals surface area contributed by atoms with Crippen LogP contribution in [-0.2, 0) is 6.42 Å². The minimum absolute atomic E-state index is 0.281. The van der Waals surface area contributed by atoms with Crippen molar-refractivity contribution in [1.29, 1.82) is 0 Å². The van der Waals surface area contributed by atoms with E-state index < -0.39 is 0 Å². The molecule has 2 heterocycles. The topological polar surface area (TPSA) is 56.5 Å². The summed E-state index contributed by atoms with van der Waals surface area (Å²) < 4.78 is 16.4. The maximum Gasteiger partial charge on any atom is 0.137 e. The van der Waals surface area contributed by atoms with E-state index in [0.717, 1.165) is 55.4 Å². The fourth-order valence-corrected chi connectivity index (χ4v) is 3.12. The summed E-state index contributed by atoms with van der Waals surface area (Å²) in [6, 6.07) is 6.31. The number of methoxy groups -OCH3 is 1. The number of hydrogen-bond donors (Lipinski definition) is 1. The summed E-state index contributed by atoms with van der Waals surface area (Å²) in [7, 11) is 1.69. The van der Waals surface area contributed by atoms with Crippen molar-refractivity contribution in [2.75, 3.05) is 20.3 Å². The molecule has 1 aromatic carbocycles. The lowest BCUT2D eigenvalue weighted by Gasteiger charge is -2.19. The lowest BCUT2D eigenvalue weighted by atomic mass is 10.0. The first-order valence-corrected chi connectivity index (χ1v) is 8.15. The largest absolute Gasteiger partial charge is 0.497 e. The Balaban J connectivity index is 1.70. The monoisotopic (exact) mass is 316 g/mol. The zero-order chi connectivity index (χ0) is 16.2. The molecule has 0 spiro atoms. The molecule has 3 rings (SSSR count). The molecule has 0 amide bonds. The normalized spacial score (nSPS) is 17.3. The van der Waals surface area contributed by atoms with Crippen LogP contribution in [-0.4, -0.2) is 25.4 Å². The summed E-state index contributed by atoms with van der Waals surface area (Å²) in [4.78, 5) is 0. The zero-order valence-electron chi connectivity index (χ0n) is 14.0. The van der Waals surface area contributed by atoms with Gasteiger partial charge in [-0.3, -0.25) is 0 Å². The maximum absolute atomic E-state index is 5.85. The van der Waals surface area contributed by atoms with Crippen LogP contribution in [0.1, 0.15) is 41.5 Å². The number of nitrogens with zero attached hydrogens (tertiary/aromatic N) is 1. The van der Waals surface area contributed by atoms with Crippen LogP contribution in [0.2, 0.25) is 0 Å². The molecule has 0 fully saturated rings. The van der Waals surface area contributed by atoms with Crippen LogP contribution in [0.4, 0.5) is 0 Å². The van der Waals surface area contributed by atoms with Crippen molar-refractivity contribution in [3.8, 4) is 11.5 Å². The van der Waals surface area contributed by atoms with Gasteiger partial charge in [-0.05, 0) is 57.9 Å². The van der Waals surface area contributed by atoms with Crippen LogP contribution in [0.3, 0.4) is 0 Å². The van der Waals surface area contributed by atoms with Gasteiger partial charge in [0, 0.05) is 17.2 Å². The molecule has 1 aliphatic heterocycles. The maximum atomic E-state index is 5.85. The molecule has 1 aromatic heterocycles. The molecule has 5 heteroatoms. The summed E-state index contributed by atoms with van der Waals surface area (Å²) in [5.74, 6) is 2.74. The number of rotatable bonds is 5.